The van der Waals surface area contributed by atoms with E-state index in [1.807, 2.05) is 13.8 Å². The molecular formula is C20H29F4N3O3S. The minimum Gasteiger partial charge on any atom is -0.326 e. The second-order valence-corrected chi connectivity index (χ2v) is 10.2. The van der Waals surface area contributed by atoms with E-state index in [2.05, 4.69) is 14.9 Å². The van der Waals surface area contributed by atoms with E-state index in [1.54, 1.807) is 0 Å². The molecule has 0 radical (unpaired) electrons. The number of hydrogen-bond donors (Lipinski definition) is 2. The molecule has 0 unspecified atom stereocenters. The molecule has 1 aromatic rings. The number of anilines is 1. The molecule has 1 amide bonds. The Morgan fingerprint density at radius 2 is 1.84 bits per heavy atom. The Hall–Kier alpha value is -1.72. The molecule has 0 atom stereocenters. The number of rotatable bonds is 9. The first-order valence-electron chi connectivity index (χ1n) is 10.2. The Morgan fingerprint density at radius 3 is 2.42 bits per heavy atom. The second-order valence-electron chi connectivity index (χ2n) is 8.33. The van der Waals surface area contributed by atoms with Crippen molar-refractivity contribution in [3.63, 3.8) is 0 Å². The van der Waals surface area contributed by atoms with E-state index in [1.165, 1.54) is 0 Å². The maximum Gasteiger partial charge on any atom is 0.416 e. The Kier molecular flexibility index (Phi) is 8.84. The van der Waals surface area contributed by atoms with Crippen LogP contribution in [-0.2, 0) is 21.0 Å². The fourth-order valence-corrected chi connectivity index (χ4v) is 4.97. The zero-order chi connectivity index (χ0) is 23.2. The lowest BCUT2D eigenvalue weighted by Gasteiger charge is -2.31. The highest BCUT2D eigenvalue weighted by molar-refractivity contribution is 7.89. The largest absolute Gasteiger partial charge is 0.416 e. The monoisotopic (exact) mass is 467 g/mol. The summed E-state index contributed by atoms with van der Waals surface area (Å²) in [5.74, 6) is -1.34. The van der Waals surface area contributed by atoms with Crippen LogP contribution in [0.3, 0.4) is 0 Å². The summed E-state index contributed by atoms with van der Waals surface area (Å²) < 4.78 is 78.1. The Balaban J connectivity index is 1.75. The van der Waals surface area contributed by atoms with E-state index < -0.39 is 33.5 Å². The number of likely N-dealkylation sites (tertiary alicyclic amines) is 1. The minimum absolute atomic E-state index is 0.0480. The SMILES string of the molecule is CC(C)CS(=O)(=O)NCCN1CCC(CC(=O)Nc2cc(F)cc(C(F)(F)F)c2)CC1. The second kappa shape index (κ2) is 10.7. The average molecular weight is 468 g/mol. The van der Waals surface area contributed by atoms with Crippen LogP contribution in [0.4, 0.5) is 23.2 Å². The van der Waals surface area contributed by atoms with Crippen molar-refractivity contribution >= 4 is 21.6 Å². The summed E-state index contributed by atoms with van der Waals surface area (Å²) in [5.41, 5.74) is -1.37. The molecule has 0 aromatic heterocycles. The van der Waals surface area contributed by atoms with Crippen LogP contribution in [0.15, 0.2) is 18.2 Å². The van der Waals surface area contributed by atoms with Gasteiger partial charge < -0.3 is 10.2 Å². The van der Waals surface area contributed by atoms with Crippen molar-refractivity contribution in [2.75, 3.05) is 37.2 Å². The number of piperidine rings is 1. The molecule has 31 heavy (non-hydrogen) atoms. The molecule has 2 N–H and O–H groups in total. The first-order valence-corrected chi connectivity index (χ1v) is 11.9. The van der Waals surface area contributed by atoms with Crippen LogP contribution in [0.2, 0.25) is 0 Å². The van der Waals surface area contributed by atoms with Crippen molar-refractivity contribution in [2.24, 2.45) is 11.8 Å². The van der Waals surface area contributed by atoms with Gasteiger partial charge in [-0.2, -0.15) is 13.2 Å². The lowest BCUT2D eigenvalue weighted by Crippen LogP contribution is -2.40. The summed E-state index contributed by atoms with van der Waals surface area (Å²) >= 11 is 0. The number of amides is 1. The molecule has 1 aliphatic heterocycles. The molecule has 1 fully saturated rings. The molecular weight excluding hydrogens is 438 g/mol. The van der Waals surface area contributed by atoms with E-state index in [0.717, 1.165) is 6.07 Å². The van der Waals surface area contributed by atoms with E-state index >= 15 is 0 Å². The maximum absolute atomic E-state index is 13.4. The molecule has 1 heterocycles. The first-order chi connectivity index (χ1) is 14.3. The number of hydrogen-bond acceptors (Lipinski definition) is 4. The van der Waals surface area contributed by atoms with Gasteiger partial charge in [-0.25, -0.2) is 17.5 Å². The van der Waals surface area contributed by atoms with Gasteiger partial charge in [-0.15, -0.1) is 0 Å². The van der Waals surface area contributed by atoms with Crippen LogP contribution in [0.1, 0.15) is 38.7 Å². The van der Waals surface area contributed by atoms with Crippen molar-refractivity contribution in [2.45, 2.75) is 39.3 Å². The highest BCUT2D eigenvalue weighted by Gasteiger charge is 2.31. The van der Waals surface area contributed by atoms with Gasteiger partial charge in [-0.1, -0.05) is 13.8 Å². The lowest BCUT2D eigenvalue weighted by molar-refractivity contribution is -0.137. The molecule has 0 bridgehead atoms. The Bertz CT molecular complexity index is 852. The standard InChI is InChI=1S/C20H29F4N3O3S/c1-14(2)13-31(29,30)25-5-8-27-6-3-15(4-7-27)9-19(28)26-18-11-16(20(22,23)24)10-17(21)12-18/h10-12,14-15,25H,3-9,13H2,1-2H3,(H,26,28). The number of nitrogens with one attached hydrogen (secondary N) is 2. The average Bonchev–Trinajstić information content (AvgIpc) is 2.60. The van der Waals surface area contributed by atoms with Gasteiger partial charge in [0.05, 0.1) is 11.3 Å². The van der Waals surface area contributed by atoms with Crippen LogP contribution in [-0.4, -0.2) is 51.2 Å². The highest BCUT2D eigenvalue weighted by Crippen LogP contribution is 2.32. The molecule has 11 heteroatoms. The molecule has 6 nitrogen and oxygen atoms in total. The number of nitrogens with zero attached hydrogens (tertiary/aromatic N) is 1. The third-order valence-electron chi connectivity index (χ3n) is 4.99. The zero-order valence-electron chi connectivity index (χ0n) is 17.6. The Morgan fingerprint density at radius 1 is 1.19 bits per heavy atom. The van der Waals surface area contributed by atoms with Gasteiger partial charge >= 0.3 is 6.18 Å². The van der Waals surface area contributed by atoms with Crippen LogP contribution in [0.5, 0.6) is 0 Å². The number of alkyl halides is 3. The van der Waals surface area contributed by atoms with Gasteiger partial charge in [-0.05, 0) is 56.0 Å². The lowest BCUT2D eigenvalue weighted by atomic mass is 9.93. The summed E-state index contributed by atoms with van der Waals surface area (Å²) in [6, 6.07) is 1.95. The van der Waals surface area contributed by atoms with E-state index in [4.69, 9.17) is 0 Å². The number of halogens is 4. The highest BCUT2D eigenvalue weighted by atomic mass is 32.2. The predicted molar refractivity (Wildman–Crippen MR) is 110 cm³/mol. The van der Waals surface area contributed by atoms with Gasteiger partial charge in [-0.3, -0.25) is 4.79 Å². The van der Waals surface area contributed by atoms with Crippen LogP contribution in [0.25, 0.3) is 0 Å². The first kappa shape index (κ1) is 25.5. The van der Waals surface area contributed by atoms with Crippen molar-refractivity contribution in [3.8, 4) is 0 Å². The van der Waals surface area contributed by atoms with Gasteiger partial charge in [0.25, 0.3) is 0 Å². The van der Waals surface area contributed by atoms with Gasteiger partial charge in [0.2, 0.25) is 15.9 Å². The fourth-order valence-electron chi connectivity index (χ4n) is 3.57. The van der Waals surface area contributed by atoms with E-state index in [9.17, 15) is 30.8 Å². The summed E-state index contributed by atoms with van der Waals surface area (Å²) in [4.78, 5) is 14.3. The van der Waals surface area contributed by atoms with E-state index in [0.29, 0.717) is 51.2 Å². The number of carbonyl (C=O) groups is 1. The molecule has 0 aliphatic carbocycles. The quantitative estimate of drug-likeness (QED) is 0.546. The van der Waals surface area contributed by atoms with Crippen LogP contribution >= 0.6 is 0 Å². The van der Waals surface area contributed by atoms with Gasteiger partial charge in [0, 0.05) is 25.2 Å². The topological polar surface area (TPSA) is 78.5 Å². The van der Waals surface area contributed by atoms with E-state index in [-0.39, 0.29) is 29.7 Å². The number of sulfonamides is 1. The van der Waals surface area contributed by atoms with Crippen molar-refractivity contribution in [3.05, 3.63) is 29.6 Å². The zero-order valence-corrected chi connectivity index (χ0v) is 18.5. The van der Waals surface area contributed by atoms with Crippen LogP contribution in [0, 0.1) is 17.7 Å². The molecule has 1 saturated heterocycles. The Labute approximate surface area is 180 Å². The number of carbonyl (C=O) groups excluding carboxylic acids is 1. The van der Waals surface area contributed by atoms with Crippen molar-refractivity contribution in [1.29, 1.82) is 0 Å². The summed E-state index contributed by atoms with van der Waals surface area (Å²) in [5, 5.41) is 2.35. The fraction of sp³-hybridized carbons (Fsp3) is 0.650. The summed E-state index contributed by atoms with van der Waals surface area (Å²) in [7, 11) is -3.28. The summed E-state index contributed by atoms with van der Waals surface area (Å²) in [6.07, 6.45) is -3.14. The minimum atomic E-state index is -4.70. The van der Waals surface area contributed by atoms with Crippen molar-refractivity contribution < 1.29 is 30.8 Å². The molecule has 2 rings (SSSR count). The molecule has 1 aromatic carbocycles. The maximum atomic E-state index is 13.4. The van der Waals surface area contributed by atoms with Crippen LogP contribution < -0.4 is 10.0 Å². The molecule has 1 aliphatic rings. The number of benzene rings is 1. The molecule has 176 valence electrons. The van der Waals surface area contributed by atoms with Gasteiger partial charge in [0.1, 0.15) is 5.82 Å². The van der Waals surface area contributed by atoms with Gasteiger partial charge in [0.15, 0.2) is 0 Å². The third kappa shape index (κ3) is 9.12. The normalized spacial score (nSPS) is 16.6. The molecule has 0 spiro atoms. The van der Waals surface area contributed by atoms with Crippen molar-refractivity contribution in [1.82, 2.24) is 9.62 Å². The predicted octanol–water partition coefficient (Wildman–Crippen LogP) is 3.46. The molecule has 0 saturated carbocycles. The smallest absolute Gasteiger partial charge is 0.326 e. The summed E-state index contributed by atoms with van der Waals surface area (Å²) in [6.45, 7) is 5.96. The third-order valence-corrected chi connectivity index (χ3v) is 6.74.